The summed E-state index contributed by atoms with van der Waals surface area (Å²) in [7, 11) is 0. The second-order valence-electron chi connectivity index (χ2n) is 3.84. The normalized spacial score (nSPS) is 19.6. The smallest absolute Gasteiger partial charge is 0.324 e. The lowest BCUT2D eigenvalue weighted by molar-refractivity contribution is -0.380. The van der Waals surface area contributed by atoms with Crippen molar-refractivity contribution in [3.63, 3.8) is 0 Å². The molecule has 0 saturated carbocycles. The number of thiophene rings is 1. The fourth-order valence-electron chi connectivity index (χ4n) is 1.95. The second kappa shape index (κ2) is 5.14. The van der Waals surface area contributed by atoms with Crippen LogP contribution in [0.2, 0.25) is 0 Å². The Balaban J connectivity index is 2.16. The van der Waals surface area contributed by atoms with E-state index in [0.29, 0.717) is 4.88 Å². The second-order valence-corrected chi connectivity index (χ2v) is 5.55. The van der Waals surface area contributed by atoms with Gasteiger partial charge in [-0.1, -0.05) is 27.3 Å². The molecular formula is C10H11BrN2O3S. The highest BCUT2D eigenvalue weighted by molar-refractivity contribution is 9.09. The standard InChI is InChI=1S/C10H11BrN2O3S/c11-6-7-2-1-5-12(7)10(14)8-3-4-9(17-8)13(15)16/h3-4,7H,1-2,5-6H2. The van der Waals surface area contributed by atoms with E-state index in [-0.39, 0.29) is 17.0 Å². The summed E-state index contributed by atoms with van der Waals surface area (Å²) in [5.41, 5.74) is 0. The Labute approximate surface area is 111 Å². The van der Waals surface area contributed by atoms with Crippen molar-refractivity contribution >= 4 is 38.2 Å². The molecule has 1 saturated heterocycles. The molecule has 7 heteroatoms. The van der Waals surface area contributed by atoms with E-state index in [1.54, 1.807) is 4.90 Å². The van der Waals surface area contributed by atoms with Gasteiger partial charge in [-0.3, -0.25) is 14.9 Å². The lowest BCUT2D eigenvalue weighted by atomic mass is 10.2. The molecule has 1 aromatic heterocycles. The van der Waals surface area contributed by atoms with Crippen LogP contribution in [0.15, 0.2) is 12.1 Å². The summed E-state index contributed by atoms with van der Waals surface area (Å²) in [5, 5.41) is 11.3. The summed E-state index contributed by atoms with van der Waals surface area (Å²) >= 11 is 4.33. The van der Waals surface area contributed by atoms with Crippen molar-refractivity contribution in [2.24, 2.45) is 0 Å². The SMILES string of the molecule is O=C(c1ccc([N+](=O)[O-])s1)N1CCCC1CBr. The third kappa shape index (κ3) is 2.50. The van der Waals surface area contributed by atoms with Crippen molar-refractivity contribution in [1.82, 2.24) is 4.90 Å². The molecule has 1 atom stereocenters. The molecule has 17 heavy (non-hydrogen) atoms. The summed E-state index contributed by atoms with van der Waals surface area (Å²) in [6.45, 7) is 0.737. The maximum absolute atomic E-state index is 12.1. The van der Waals surface area contributed by atoms with E-state index in [0.717, 1.165) is 36.1 Å². The molecule has 2 heterocycles. The van der Waals surface area contributed by atoms with Crippen molar-refractivity contribution in [3.05, 3.63) is 27.1 Å². The molecule has 1 aliphatic rings. The number of hydrogen-bond acceptors (Lipinski definition) is 4. The van der Waals surface area contributed by atoms with Crippen LogP contribution < -0.4 is 0 Å². The van der Waals surface area contributed by atoms with E-state index >= 15 is 0 Å². The molecule has 0 aliphatic carbocycles. The topological polar surface area (TPSA) is 63.4 Å². The first-order chi connectivity index (χ1) is 8.13. The predicted molar refractivity (Wildman–Crippen MR) is 68.8 cm³/mol. The molecule has 1 aromatic rings. The van der Waals surface area contributed by atoms with Gasteiger partial charge in [0.1, 0.15) is 0 Å². The molecule has 0 N–H and O–H groups in total. The summed E-state index contributed by atoms with van der Waals surface area (Å²) in [5.74, 6) is -0.0925. The molecule has 0 spiro atoms. The van der Waals surface area contributed by atoms with Gasteiger partial charge in [-0.2, -0.15) is 0 Å². The van der Waals surface area contributed by atoms with E-state index < -0.39 is 4.92 Å². The molecule has 1 aliphatic heterocycles. The summed E-state index contributed by atoms with van der Waals surface area (Å²) in [4.78, 5) is 24.5. The van der Waals surface area contributed by atoms with Crippen molar-refractivity contribution in [1.29, 1.82) is 0 Å². The number of hydrogen-bond donors (Lipinski definition) is 0. The number of nitrogens with zero attached hydrogens (tertiary/aromatic N) is 2. The minimum Gasteiger partial charge on any atom is -0.334 e. The number of amides is 1. The Morgan fingerprint density at radius 2 is 2.41 bits per heavy atom. The fourth-order valence-corrected chi connectivity index (χ4v) is 3.40. The molecule has 0 aromatic carbocycles. The largest absolute Gasteiger partial charge is 0.334 e. The predicted octanol–water partition coefficient (Wildman–Crippen LogP) is 2.66. The number of carbonyl (C=O) groups excluding carboxylic acids is 1. The van der Waals surface area contributed by atoms with Crippen LogP contribution >= 0.6 is 27.3 Å². The number of rotatable bonds is 3. The minimum absolute atomic E-state index is 0.0166. The van der Waals surface area contributed by atoms with Gasteiger partial charge in [0, 0.05) is 24.0 Å². The molecule has 92 valence electrons. The minimum atomic E-state index is -0.465. The molecule has 0 radical (unpaired) electrons. The Bertz CT molecular complexity index is 449. The Morgan fingerprint density at radius 1 is 1.65 bits per heavy atom. The lowest BCUT2D eigenvalue weighted by Crippen LogP contribution is -2.35. The molecule has 2 rings (SSSR count). The Kier molecular flexibility index (Phi) is 3.78. The molecular weight excluding hydrogens is 308 g/mol. The van der Waals surface area contributed by atoms with E-state index in [9.17, 15) is 14.9 Å². The van der Waals surface area contributed by atoms with Gasteiger partial charge in [-0.05, 0) is 18.9 Å². The van der Waals surface area contributed by atoms with Gasteiger partial charge in [-0.25, -0.2) is 0 Å². The van der Waals surface area contributed by atoms with Crippen LogP contribution in [0.3, 0.4) is 0 Å². The average Bonchev–Trinajstić information content (AvgIpc) is 2.96. The molecule has 1 fully saturated rings. The third-order valence-corrected chi connectivity index (χ3v) is 4.57. The van der Waals surface area contributed by atoms with Crippen molar-refractivity contribution in [2.45, 2.75) is 18.9 Å². The maximum atomic E-state index is 12.1. The van der Waals surface area contributed by atoms with E-state index in [2.05, 4.69) is 15.9 Å². The van der Waals surface area contributed by atoms with Crippen LogP contribution in [-0.4, -0.2) is 33.6 Å². The zero-order valence-electron chi connectivity index (χ0n) is 8.97. The van der Waals surface area contributed by atoms with Crippen LogP contribution in [0.5, 0.6) is 0 Å². The monoisotopic (exact) mass is 318 g/mol. The Morgan fingerprint density at radius 3 is 3.00 bits per heavy atom. The molecule has 1 amide bonds. The number of likely N-dealkylation sites (tertiary alicyclic amines) is 1. The first-order valence-corrected chi connectivity index (χ1v) is 7.18. The number of nitro groups is 1. The summed E-state index contributed by atoms with van der Waals surface area (Å²) in [6.07, 6.45) is 1.99. The molecule has 0 bridgehead atoms. The maximum Gasteiger partial charge on any atom is 0.324 e. The Hall–Kier alpha value is -0.950. The van der Waals surface area contributed by atoms with Gasteiger partial charge < -0.3 is 4.90 Å². The van der Waals surface area contributed by atoms with E-state index in [1.807, 2.05) is 0 Å². The van der Waals surface area contributed by atoms with Gasteiger partial charge in [0.15, 0.2) is 0 Å². The average molecular weight is 319 g/mol. The molecule has 5 nitrogen and oxygen atoms in total. The third-order valence-electron chi connectivity index (χ3n) is 2.80. The zero-order valence-corrected chi connectivity index (χ0v) is 11.4. The van der Waals surface area contributed by atoms with Gasteiger partial charge in [0.05, 0.1) is 9.80 Å². The lowest BCUT2D eigenvalue weighted by Gasteiger charge is -2.22. The first kappa shape index (κ1) is 12.5. The fraction of sp³-hybridized carbons (Fsp3) is 0.500. The van der Waals surface area contributed by atoms with Gasteiger partial charge in [-0.15, -0.1) is 0 Å². The van der Waals surface area contributed by atoms with Crippen molar-refractivity contribution < 1.29 is 9.72 Å². The molecule has 1 unspecified atom stereocenters. The van der Waals surface area contributed by atoms with Gasteiger partial charge >= 0.3 is 5.00 Å². The highest BCUT2D eigenvalue weighted by Crippen LogP contribution is 2.28. The quantitative estimate of drug-likeness (QED) is 0.489. The van der Waals surface area contributed by atoms with E-state index in [4.69, 9.17) is 0 Å². The van der Waals surface area contributed by atoms with Crippen LogP contribution in [0.4, 0.5) is 5.00 Å². The van der Waals surface area contributed by atoms with Gasteiger partial charge in [0.25, 0.3) is 5.91 Å². The number of halogens is 1. The van der Waals surface area contributed by atoms with Crippen LogP contribution in [0, 0.1) is 10.1 Å². The van der Waals surface area contributed by atoms with Gasteiger partial charge in [0.2, 0.25) is 0 Å². The van der Waals surface area contributed by atoms with Crippen molar-refractivity contribution in [3.8, 4) is 0 Å². The summed E-state index contributed by atoms with van der Waals surface area (Å²) in [6, 6.07) is 3.13. The van der Waals surface area contributed by atoms with E-state index in [1.165, 1.54) is 12.1 Å². The summed E-state index contributed by atoms with van der Waals surface area (Å²) < 4.78 is 0. The van der Waals surface area contributed by atoms with Crippen LogP contribution in [0.25, 0.3) is 0 Å². The zero-order chi connectivity index (χ0) is 12.4. The number of carbonyl (C=O) groups is 1. The van der Waals surface area contributed by atoms with Crippen LogP contribution in [0.1, 0.15) is 22.5 Å². The van der Waals surface area contributed by atoms with Crippen molar-refractivity contribution in [2.75, 3.05) is 11.9 Å². The highest BCUT2D eigenvalue weighted by Gasteiger charge is 2.30. The number of alkyl halides is 1. The first-order valence-electron chi connectivity index (χ1n) is 5.24. The highest BCUT2D eigenvalue weighted by atomic mass is 79.9. The van der Waals surface area contributed by atoms with Crippen LogP contribution in [-0.2, 0) is 0 Å².